The molecule has 0 aliphatic heterocycles. The van der Waals surface area contributed by atoms with Crippen LogP contribution in [0.25, 0.3) is 0 Å². The molecule has 0 fully saturated rings. The van der Waals surface area contributed by atoms with Gasteiger partial charge in [-0.2, -0.15) is 0 Å². The van der Waals surface area contributed by atoms with Crippen LogP contribution in [0.1, 0.15) is 25.7 Å². The molecule has 0 bridgehead atoms. The van der Waals surface area contributed by atoms with Crippen LogP contribution >= 0.6 is 30.4 Å². The SMILES string of the molecule is O=P([O-])([O-])CN(CCCCCCN(CP(=O)(O)O)CP(=O)(O)O)CP(=O)([O-])[O-].[Na+].[Na+].[Na+].[Na+]. The van der Waals surface area contributed by atoms with Gasteiger partial charge in [-0.05, 0) is 25.9 Å². The van der Waals surface area contributed by atoms with E-state index in [0.717, 1.165) is 9.80 Å². The van der Waals surface area contributed by atoms with Gasteiger partial charge >= 0.3 is 133 Å². The van der Waals surface area contributed by atoms with E-state index in [-0.39, 0.29) is 138 Å². The summed E-state index contributed by atoms with van der Waals surface area (Å²) in [5.74, 6) is 0. The molecule has 32 heavy (non-hydrogen) atoms. The minimum Gasteiger partial charge on any atom is -0.810 e. The average Bonchev–Trinajstić information content (AvgIpc) is 2.34. The molecule has 0 aromatic carbocycles. The van der Waals surface area contributed by atoms with Crippen LogP contribution in [0.3, 0.4) is 0 Å². The first-order valence-corrected chi connectivity index (χ1v) is 15.0. The summed E-state index contributed by atoms with van der Waals surface area (Å²) in [7, 11) is -19.1. The minimum absolute atomic E-state index is 0. The molecular formula is C10H24N2Na4O12P4. The molecule has 14 nitrogen and oxygen atoms in total. The zero-order valence-electron chi connectivity index (χ0n) is 18.8. The fourth-order valence-corrected chi connectivity index (χ4v) is 5.71. The maximum absolute atomic E-state index is 11.0. The van der Waals surface area contributed by atoms with E-state index >= 15 is 0 Å². The molecule has 4 N–H and O–H groups in total. The molecule has 0 aromatic heterocycles. The van der Waals surface area contributed by atoms with Crippen molar-refractivity contribution in [1.29, 1.82) is 0 Å². The van der Waals surface area contributed by atoms with E-state index in [1.807, 2.05) is 0 Å². The van der Waals surface area contributed by atoms with Crippen LogP contribution in [0.4, 0.5) is 0 Å². The summed E-state index contributed by atoms with van der Waals surface area (Å²) in [6.45, 7) is -0.163. The van der Waals surface area contributed by atoms with Gasteiger partial charge in [0.15, 0.2) is 0 Å². The van der Waals surface area contributed by atoms with E-state index in [1.54, 1.807) is 0 Å². The van der Waals surface area contributed by atoms with Crippen molar-refractivity contribution in [2.24, 2.45) is 0 Å². The zero-order chi connectivity index (χ0) is 22.2. The molecule has 0 heterocycles. The summed E-state index contributed by atoms with van der Waals surface area (Å²) in [6, 6.07) is 0. The van der Waals surface area contributed by atoms with Crippen molar-refractivity contribution in [3.8, 4) is 0 Å². The third kappa shape index (κ3) is 34.5. The van der Waals surface area contributed by atoms with Gasteiger partial charge in [-0.25, -0.2) is 0 Å². The number of hydrogen-bond acceptors (Lipinski definition) is 10. The molecule has 0 atom stereocenters. The van der Waals surface area contributed by atoms with Gasteiger partial charge in [0.1, 0.15) is 12.6 Å². The molecule has 170 valence electrons. The fourth-order valence-electron chi connectivity index (χ4n) is 2.41. The Bertz CT molecular complexity index is 564. The van der Waals surface area contributed by atoms with Gasteiger partial charge in [-0.15, -0.1) is 0 Å². The Morgan fingerprint density at radius 3 is 0.969 bits per heavy atom. The Hall–Kier alpha value is 4.52. The van der Waals surface area contributed by atoms with E-state index in [0.29, 0.717) is 19.3 Å². The van der Waals surface area contributed by atoms with Crippen LogP contribution in [-0.2, 0) is 18.3 Å². The van der Waals surface area contributed by atoms with Crippen molar-refractivity contribution in [3.63, 3.8) is 0 Å². The van der Waals surface area contributed by atoms with Crippen molar-refractivity contribution in [1.82, 2.24) is 9.80 Å². The van der Waals surface area contributed by atoms with Crippen molar-refractivity contribution in [2.45, 2.75) is 25.7 Å². The molecule has 0 radical (unpaired) electrons. The zero-order valence-corrected chi connectivity index (χ0v) is 30.4. The first-order chi connectivity index (χ1) is 12.4. The predicted octanol–water partition coefficient (Wildman–Crippen LogP) is -14.8. The van der Waals surface area contributed by atoms with Gasteiger partial charge in [0.05, 0.1) is 0 Å². The second kappa shape index (κ2) is 21.4. The Balaban J connectivity index is -0.000000607. The summed E-state index contributed by atoms with van der Waals surface area (Å²) in [6.07, 6.45) is -2.52. The van der Waals surface area contributed by atoms with Gasteiger partial charge < -0.3 is 48.3 Å². The van der Waals surface area contributed by atoms with Crippen molar-refractivity contribution >= 4 is 30.4 Å². The molecule has 0 aliphatic carbocycles. The molecule has 22 heteroatoms. The number of rotatable bonds is 15. The summed E-state index contributed by atoms with van der Waals surface area (Å²) in [5.41, 5.74) is 0. The van der Waals surface area contributed by atoms with E-state index in [1.165, 1.54) is 0 Å². The monoisotopic (exact) mass is 580 g/mol. The topological polar surface area (TPSA) is 248 Å². The summed E-state index contributed by atoms with van der Waals surface area (Å²) < 4.78 is 43.6. The molecule has 0 unspecified atom stereocenters. The number of nitrogens with zero attached hydrogens (tertiary/aromatic N) is 2. The summed E-state index contributed by atoms with van der Waals surface area (Å²) in [5, 5.41) is 0. The van der Waals surface area contributed by atoms with E-state index in [4.69, 9.17) is 19.6 Å². The quantitative estimate of drug-likeness (QED) is 0.0798. The predicted molar refractivity (Wildman–Crippen MR) is 90.6 cm³/mol. The smallest absolute Gasteiger partial charge is 0.810 e. The molecule has 0 amide bonds. The van der Waals surface area contributed by atoms with Crippen LogP contribution in [0, 0.1) is 0 Å². The van der Waals surface area contributed by atoms with E-state index in [9.17, 15) is 37.8 Å². The number of hydrogen-bond donors (Lipinski definition) is 4. The van der Waals surface area contributed by atoms with Gasteiger partial charge in [0, 0.05) is 12.6 Å². The van der Waals surface area contributed by atoms with Crippen molar-refractivity contribution in [3.05, 3.63) is 0 Å². The minimum atomic E-state index is -5.05. The van der Waals surface area contributed by atoms with Gasteiger partial charge in [-0.1, -0.05) is 28.0 Å². The first-order valence-electron chi connectivity index (χ1n) is 7.92. The van der Waals surface area contributed by atoms with Gasteiger partial charge in [-0.3, -0.25) is 18.9 Å². The van der Waals surface area contributed by atoms with Crippen LogP contribution in [0.15, 0.2) is 0 Å². The normalized spacial score (nSPS) is 12.4. The maximum atomic E-state index is 11.0. The Morgan fingerprint density at radius 1 is 0.500 bits per heavy atom. The van der Waals surface area contributed by atoms with Crippen molar-refractivity contribution < 1.29 is 176 Å². The second-order valence-electron chi connectivity index (χ2n) is 6.32. The Kier molecular flexibility index (Phi) is 30.9. The molecular weight excluding hydrogens is 556 g/mol. The molecule has 0 saturated heterocycles. The standard InChI is InChI=1S/C10H28N2O12P4.4Na/c13-25(14,15)7-11(8-26(16,17)18)5-3-1-2-4-6-12(9-27(19,20)21)10-28(22,23)24;;;;/h1-10H2,(H2,13,14,15)(H2,16,17,18)(H2,19,20,21)(H2,22,23,24);;;;/q;4*+1/p-4. The van der Waals surface area contributed by atoms with Crippen LogP contribution in [0.2, 0.25) is 0 Å². The van der Waals surface area contributed by atoms with Crippen LogP contribution < -0.4 is 138 Å². The average molecular weight is 580 g/mol. The molecule has 0 aromatic rings. The Labute approximate surface area is 275 Å². The van der Waals surface area contributed by atoms with E-state index in [2.05, 4.69) is 0 Å². The maximum Gasteiger partial charge on any atom is 1.00 e. The summed E-state index contributed by atoms with van der Waals surface area (Å²) in [4.78, 5) is 80.5. The third-order valence-corrected chi connectivity index (χ3v) is 6.24. The van der Waals surface area contributed by atoms with Crippen LogP contribution in [-0.4, -0.2) is 67.6 Å². The third-order valence-electron chi connectivity index (χ3n) is 3.21. The van der Waals surface area contributed by atoms with Crippen molar-refractivity contribution in [2.75, 3.05) is 38.2 Å². The summed E-state index contributed by atoms with van der Waals surface area (Å²) >= 11 is 0. The largest absolute Gasteiger partial charge is 1.00 e. The van der Waals surface area contributed by atoms with E-state index < -0.39 is 55.5 Å². The fraction of sp³-hybridized carbons (Fsp3) is 1.00. The Morgan fingerprint density at radius 2 is 0.750 bits per heavy atom. The van der Waals surface area contributed by atoms with Crippen LogP contribution in [0.5, 0.6) is 0 Å². The van der Waals surface area contributed by atoms with Gasteiger partial charge in [0.2, 0.25) is 0 Å². The molecule has 0 aliphatic rings. The molecule has 0 rings (SSSR count). The number of unbranched alkanes of at least 4 members (excludes halogenated alkanes) is 3. The molecule has 0 saturated carbocycles. The molecule has 0 spiro atoms. The van der Waals surface area contributed by atoms with Gasteiger partial charge in [0.25, 0.3) is 0 Å². The first kappa shape index (κ1) is 46.4. The second-order valence-corrected chi connectivity index (χ2v) is 12.6.